The fourth-order valence-corrected chi connectivity index (χ4v) is 3.27. The molecule has 0 aliphatic carbocycles. The van der Waals surface area contributed by atoms with Crippen molar-refractivity contribution in [3.8, 4) is 11.5 Å². The molecule has 3 aromatic carbocycles. The Bertz CT molecular complexity index is 1280. The molecule has 0 saturated heterocycles. The lowest BCUT2D eigenvalue weighted by atomic mass is 10.1. The van der Waals surface area contributed by atoms with Gasteiger partial charge in [-0.1, -0.05) is 34.1 Å². The third kappa shape index (κ3) is 5.26. The van der Waals surface area contributed by atoms with Gasteiger partial charge in [0.15, 0.2) is 5.58 Å². The van der Waals surface area contributed by atoms with Crippen LogP contribution in [0.3, 0.4) is 0 Å². The average Bonchev–Trinajstić information content (AvgIpc) is 3.17. The zero-order valence-electron chi connectivity index (χ0n) is 16.2. The van der Waals surface area contributed by atoms with Gasteiger partial charge in [0, 0.05) is 21.8 Å². The number of oxazole rings is 1. The Balaban J connectivity index is 1.45. The van der Waals surface area contributed by atoms with Gasteiger partial charge in [0.1, 0.15) is 5.52 Å². The standard InChI is InChI=1S/C24H17BrN2O4/c25-18-7-9-19(10-8-18)26-22(28)12-4-15-1-5-17(6-2-15)24-27-20-13-16(14-23(29)30)3-11-21(20)31-24/h1-13H,14H2,(H,26,28)(H,29,30). The number of fused-ring (bicyclic) bond motifs is 1. The molecule has 4 aromatic rings. The lowest BCUT2D eigenvalue weighted by molar-refractivity contribution is -0.136. The van der Waals surface area contributed by atoms with Crippen molar-refractivity contribution in [2.45, 2.75) is 6.42 Å². The van der Waals surface area contributed by atoms with Crippen molar-refractivity contribution in [1.29, 1.82) is 0 Å². The van der Waals surface area contributed by atoms with Crippen LogP contribution in [0, 0.1) is 0 Å². The zero-order valence-corrected chi connectivity index (χ0v) is 17.8. The molecule has 0 unspecified atom stereocenters. The van der Waals surface area contributed by atoms with Crippen LogP contribution in [-0.2, 0) is 16.0 Å². The highest BCUT2D eigenvalue weighted by molar-refractivity contribution is 9.10. The maximum Gasteiger partial charge on any atom is 0.307 e. The van der Waals surface area contributed by atoms with Crippen LogP contribution in [-0.4, -0.2) is 22.0 Å². The van der Waals surface area contributed by atoms with E-state index in [-0.39, 0.29) is 12.3 Å². The number of hydrogen-bond acceptors (Lipinski definition) is 4. The molecule has 1 amide bonds. The van der Waals surface area contributed by atoms with Crippen molar-refractivity contribution in [1.82, 2.24) is 4.98 Å². The number of carbonyl (C=O) groups is 2. The van der Waals surface area contributed by atoms with Gasteiger partial charge in [0.05, 0.1) is 6.42 Å². The fraction of sp³-hybridized carbons (Fsp3) is 0.0417. The lowest BCUT2D eigenvalue weighted by Gasteiger charge is -2.02. The number of aliphatic carboxylic acids is 1. The molecule has 0 aliphatic rings. The maximum atomic E-state index is 12.1. The average molecular weight is 477 g/mol. The van der Waals surface area contributed by atoms with Gasteiger partial charge >= 0.3 is 5.97 Å². The number of nitrogens with zero attached hydrogens (tertiary/aromatic N) is 1. The number of aromatic nitrogens is 1. The van der Waals surface area contributed by atoms with Gasteiger partial charge in [-0.2, -0.15) is 0 Å². The van der Waals surface area contributed by atoms with Crippen LogP contribution >= 0.6 is 15.9 Å². The van der Waals surface area contributed by atoms with Crippen LogP contribution in [0.4, 0.5) is 5.69 Å². The molecule has 0 aliphatic heterocycles. The number of rotatable bonds is 6. The molecule has 1 aromatic heterocycles. The summed E-state index contributed by atoms with van der Waals surface area (Å²) in [6, 6.07) is 20.0. The summed E-state index contributed by atoms with van der Waals surface area (Å²) in [4.78, 5) is 27.4. The molecular formula is C24H17BrN2O4. The highest BCUT2D eigenvalue weighted by atomic mass is 79.9. The normalized spacial score (nSPS) is 11.1. The Kier molecular flexibility index (Phi) is 5.95. The molecular weight excluding hydrogens is 460 g/mol. The quantitative estimate of drug-likeness (QED) is 0.356. The van der Waals surface area contributed by atoms with Gasteiger partial charge in [0.25, 0.3) is 0 Å². The molecule has 0 fully saturated rings. The molecule has 154 valence electrons. The molecule has 4 rings (SSSR count). The number of nitrogens with one attached hydrogen (secondary N) is 1. The number of halogens is 1. The van der Waals surface area contributed by atoms with Crippen molar-refractivity contribution in [3.05, 3.63) is 88.4 Å². The van der Waals surface area contributed by atoms with Crippen LogP contribution in [0.1, 0.15) is 11.1 Å². The van der Waals surface area contributed by atoms with E-state index in [4.69, 9.17) is 9.52 Å². The van der Waals surface area contributed by atoms with Crippen molar-refractivity contribution < 1.29 is 19.1 Å². The van der Waals surface area contributed by atoms with Gasteiger partial charge < -0.3 is 14.8 Å². The number of amides is 1. The number of carboxylic acids is 1. The molecule has 0 bridgehead atoms. The van der Waals surface area contributed by atoms with Gasteiger partial charge in [-0.15, -0.1) is 0 Å². The second-order valence-corrected chi connectivity index (χ2v) is 7.76. The number of hydrogen-bond donors (Lipinski definition) is 2. The van der Waals surface area contributed by atoms with Gasteiger partial charge in [-0.05, 0) is 65.7 Å². The molecule has 0 atom stereocenters. The van der Waals surface area contributed by atoms with Gasteiger partial charge in [0.2, 0.25) is 11.8 Å². The first-order valence-electron chi connectivity index (χ1n) is 9.42. The lowest BCUT2D eigenvalue weighted by Crippen LogP contribution is -2.07. The van der Waals surface area contributed by atoms with E-state index in [1.807, 2.05) is 48.5 Å². The molecule has 0 spiro atoms. The van der Waals surface area contributed by atoms with E-state index in [0.29, 0.717) is 22.6 Å². The summed E-state index contributed by atoms with van der Waals surface area (Å²) in [6.45, 7) is 0. The van der Waals surface area contributed by atoms with E-state index in [1.165, 1.54) is 6.08 Å². The first kappa shape index (κ1) is 20.6. The highest BCUT2D eigenvalue weighted by Crippen LogP contribution is 2.25. The summed E-state index contributed by atoms with van der Waals surface area (Å²) in [5, 5.41) is 11.7. The second-order valence-electron chi connectivity index (χ2n) is 6.84. The van der Waals surface area contributed by atoms with E-state index in [0.717, 1.165) is 21.3 Å². The van der Waals surface area contributed by atoms with E-state index in [2.05, 4.69) is 26.2 Å². The molecule has 1 heterocycles. The van der Waals surface area contributed by atoms with Crippen LogP contribution in [0.25, 0.3) is 28.6 Å². The minimum absolute atomic E-state index is 0.0610. The van der Waals surface area contributed by atoms with Crippen molar-refractivity contribution in [2.24, 2.45) is 0 Å². The number of carbonyl (C=O) groups excluding carboxylic acids is 1. The predicted octanol–water partition coefficient (Wildman–Crippen LogP) is 5.54. The third-order valence-corrected chi connectivity index (χ3v) is 5.03. The molecule has 6 nitrogen and oxygen atoms in total. The van der Waals surface area contributed by atoms with E-state index in [1.54, 1.807) is 24.3 Å². The fourth-order valence-electron chi connectivity index (χ4n) is 3.01. The number of carboxylic acid groups (broad SMARTS) is 1. The Morgan fingerprint density at radius 1 is 1.03 bits per heavy atom. The predicted molar refractivity (Wildman–Crippen MR) is 123 cm³/mol. The van der Waals surface area contributed by atoms with E-state index < -0.39 is 5.97 Å². The maximum absolute atomic E-state index is 12.1. The Hall–Kier alpha value is -3.71. The van der Waals surface area contributed by atoms with Crippen LogP contribution in [0.15, 0.2) is 81.7 Å². The largest absolute Gasteiger partial charge is 0.481 e. The van der Waals surface area contributed by atoms with E-state index in [9.17, 15) is 9.59 Å². The summed E-state index contributed by atoms with van der Waals surface area (Å²) < 4.78 is 6.73. The Morgan fingerprint density at radius 3 is 2.48 bits per heavy atom. The minimum atomic E-state index is -0.891. The topological polar surface area (TPSA) is 92.4 Å². The molecule has 0 radical (unpaired) electrons. The smallest absolute Gasteiger partial charge is 0.307 e. The summed E-state index contributed by atoms with van der Waals surface area (Å²) in [5.41, 5.74) is 4.24. The van der Waals surface area contributed by atoms with Crippen molar-refractivity contribution in [2.75, 3.05) is 5.32 Å². The first-order chi connectivity index (χ1) is 15.0. The third-order valence-electron chi connectivity index (χ3n) is 4.50. The van der Waals surface area contributed by atoms with Crippen molar-refractivity contribution in [3.63, 3.8) is 0 Å². The molecule has 31 heavy (non-hydrogen) atoms. The minimum Gasteiger partial charge on any atom is -0.481 e. The Labute approximate surface area is 186 Å². The van der Waals surface area contributed by atoms with E-state index >= 15 is 0 Å². The molecule has 0 saturated carbocycles. The van der Waals surface area contributed by atoms with Crippen molar-refractivity contribution >= 4 is 50.7 Å². The number of anilines is 1. The SMILES string of the molecule is O=C(O)Cc1ccc2oc(-c3ccc(C=CC(=O)Nc4ccc(Br)cc4)cc3)nc2c1. The van der Waals surface area contributed by atoms with Gasteiger partial charge in [-0.25, -0.2) is 4.98 Å². The van der Waals surface area contributed by atoms with Crippen LogP contribution in [0.5, 0.6) is 0 Å². The molecule has 7 heteroatoms. The zero-order chi connectivity index (χ0) is 21.8. The molecule has 2 N–H and O–H groups in total. The monoisotopic (exact) mass is 476 g/mol. The summed E-state index contributed by atoms with van der Waals surface area (Å²) in [5.74, 6) is -0.661. The first-order valence-corrected chi connectivity index (χ1v) is 10.2. The summed E-state index contributed by atoms with van der Waals surface area (Å²) >= 11 is 3.36. The summed E-state index contributed by atoms with van der Waals surface area (Å²) in [7, 11) is 0. The summed E-state index contributed by atoms with van der Waals surface area (Å²) in [6.07, 6.45) is 3.14. The number of benzene rings is 3. The van der Waals surface area contributed by atoms with Gasteiger partial charge in [-0.3, -0.25) is 9.59 Å². The Morgan fingerprint density at radius 2 is 1.77 bits per heavy atom. The highest BCUT2D eigenvalue weighted by Gasteiger charge is 2.10. The van der Waals surface area contributed by atoms with Crippen LogP contribution in [0.2, 0.25) is 0 Å². The second kappa shape index (κ2) is 8.97. The van der Waals surface area contributed by atoms with Crippen LogP contribution < -0.4 is 5.32 Å².